The number of aromatic nitrogens is 2. The lowest BCUT2D eigenvalue weighted by atomic mass is 10.2. The van der Waals surface area contributed by atoms with E-state index in [4.69, 9.17) is 0 Å². The van der Waals surface area contributed by atoms with Gasteiger partial charge in [0.2, 0.25) is 5.95 Å². The number of benzene rings is 2. The summed E-state index contributed by atoms with van der Waals surface area (Å²) in [6.45, 7) is 3.50. The molecule has 0 amide bonds. The quantitative estimate of drug-likeness (QED) is 0.375. The lowest BCUT2D eigenvalue weighted by Crippen LogP contribution is -2.15. The summed E-state index contributed by atoms with van der Waals surface area (Å²) in [6.07, 6.45) is 1.50. The van der Waals surface area contributed by atoms with Crippen molar-refractivity contribution in [2.45, 2.75) is 18.7 Å². The monoisotopic (exact) mass is 411 g/mol. The molecule has 0 saturated heterocycles. The Bertz CT molecular complexity index is 1170. The van der Waals surface area contributed by atoms with Crippen LogP contribution in [-0.2, 0) is 10.0 Å². The van der Waals surface area contributed by atoms with Crippen LogP contribution >= 0.6 is 0 Å². The number of hydrogen-bond donors (Lipinski definition) is 1. The third-order valence-corrected chi connectivity index (χ3v) is 5.15. The van der Waals surface area contributed by atoms with Crippen LogP contribution in [0.5, 0.6) is 0 Å². The minimum atomic E-state index is -3.84. The normalized spacial score (nSPS) is 11.5. The highest BCUT2D eigenvalue weighted by molar-refractivity contribution is 7.92. The lowest BCUT2D eigenvalue weighted by molar-refractivity contribution is -0.384. The molecule has 0 aliphatic rings. The van der Waals surface area contributed by atoms with Gasteiger partial charge >= 0.3 is 0 Å². The van der Waals surface area contributed by atoms with E-state index in [2.05, 4.69) is 19.7 Å². The van der Waals surface area contributed by atoms with Crippen LogP contribution in [0.1, 0.15) is 17.0 Å². The number of nitro benzene ring substituents is 1. The predicted octanol–water partition coefficient (Wildman–Crippen LogP) is 3.55. The summed E-state index contributed by atoms with van der Waals surface area (Å²) in [6, 6.07) is 13.7. The number of anilines is 1. The summed E-state index contributed by atoms with van der Waals surface area (Å²) in [5.41, 5.74) is 2.31. The molecular formula is C19H17N5O4S. The molecular weight excluding hydrogens is 394 g/mol. The summed E-state index contributed by atoms with van der Waals surface area (Å²) in [7, 11) is -3.84. The first kappa shape index (κ1) is 20.1. The van der Waals surface area contributed by atoms with Crippen LogP contribution in [-0.4, -0.2) is 29.5 Å². The van der Waals surface area contributed by atoms with Gasteiger partial charge in [-0.25, -0.2) is 23.1 Å². The van der Waals surface area contributed by atoms with Gasteiger partial charge in [-0.1, -0.05) is 18.2 Å². The van der Waals surface area contributed by atoms with Crippen LogP contribution < -0.4 is 4.72 Å². The second-order valence-electron chi connectivity index (χ2n) is 6.18. The third-order valence-electron chi connectivity index (χ3n) is 3.80. The second-order valence-corrected chi connectivity index (χ2v) is 7.87. The van der Waals surface area contributed by atoms with Crippen molar-refractivity contribution in [1.29, 1.82) is 0 Å². The Morgan fingerprint density at radius 1 is 1.03 bits per heavy atom. The van der Waals surface area contributed by atoms with E-state index in [9.17, 15) is 18.5 Å². The van der Waals surface area contributed by atoms with E-state index in [1.165, 1.54) is 30.5 Å². The van der Waals surface area contributed by atoms with Crippen LogP contribution in [0, 0.1) is 24.0 Å². The molecule has 0 radical (unpaired) electrons. The minimum absolute atomic E-state index is 0.0128. The molecule has 0 spiro atoms. The first-order valence-electron chi connectivity index (χ1n) is 8.47. The van der Waals surface area contributed by atoms with E-state index >= 15 is 0 Å². The smallest absolute Gasteiger partial charge is 0.258 e. The molecule has 0 aliphatic heterocycles. The molecule has 148 valence electrons. The van der Waals surface area contributed by atoms with E-state index in [0.29, 0.717) is 22.6 Å². The number of nitro groups is 1. The van der Waals surface area contributed by atoms with Crippen molar-refractivity contribution < 1.29 is 13.3 Å². The first-order chi connectivity index (χ1) is 13.7. The standard InChI is InChI=1S/C19H17N5O4S/c1-13-10-14(2)22-19(21-13)23-29(27,28)18-8-6-15(7-9-18)12-20-16-4-3-5-17(11-16)24(25)26/h3-12H,1-2H3,(H,21,22,23). The van der Waals surface area contributed by atoms with E-state index in [1.807, 2.05) is 0 Å². The molecule has 9 nitrogen and oxygen atoms in total. The van der Waals surface area contributed by atoms with Gasteiger partial charge in [0.1, 0.15) is 0 Å². The van der Waals surface area contributed by atoms with E-state index in [1.54, 1.807) is 44.2 Å². The molecule has 10 heteroatoms. The molecule has 0 aliphatic carbocycles. The average molecular weight is 411 g/mol. The fraction of sp³-hybridized carbons (Fsp3) is 0.105. The number of nitrogens with zero attached hydrogens (tertiary/aromatic N) is 4. The van der Waals surface area contributed by atoms with Crippen molar-refractivity contribution in [1.82, 2.24) is 9.97 Å². The Morgan fingerprint density at radius 3 is 2.31 bits per heavy atom. The lowest BCUT2D eigenvalue weighted by Gasteiger charge is -2.08. The van der Waals surface area contributed by atoms with E-state index in [0.717, 1.165) is 0 Å². The zero-order valence-electron chi connectivity index (χ0n) is 15.6. The molecule has 0 bridgehead atoms. The topological polar surface area (TPSA) is 127 Å². The molecule has 2 aromatic carbocycles. The zero-order valence-corrected chi connectivity index (χ0v) is 16.4. The fourth-order valence-electron chi connectivity index (χ4n) is 2.52. The highest BCUT2D eigenvalue weighted by Gasteiger charge is 2.16. The maximum absolute atomic E-state index is 12.5. The Hall–Kier alpha value is -3.66. The number of aryl methyl sites for hydroxylation is 2. The summed E-state index contributed by atoms with van der Waals surface area (Å²) < 4.78 is 27.4. The Morgan fingerprint density at radius 2 is 1.69 bits per heavy atom. The van der Waals surface area contributed by atoms with Gasteiger partial charge in [-0.15, -0.1) is 0 Å². The molecule has 3 rings (SSSR count). The Balaban J connectivity index is 1.77. The number of nitrogens with one attached hydrogen (secondary N) is 1. The third kappa shape index (κ3) is 5.20. The summed E-state index contributed by atoms with van der Waals surface area (Å²) >= 11 is 0. The summed E-state index contributed by atoms with van der Waals surface area (Å²) in [4.78, 5) is 22.7. The highest BCUT2D eigenvalue weighted by atomic mass is 32.2. The Labute approximate surface area is 167 Å². The van der Waals surface area contributed by atoms with Crippen molar-refractivity contribution in [2.75, 3.05) is 4.72 Å². The molecule has 3 aromatic rings. The minimum Gasteiger partial charge on any atom is -0.258 e. The van der Waals surface area contributed by atoms with Gasteiger partial charge in [0.15, 0.2) is 0 Å². The first-order valence-corrected chi connectivity index (χ1v) is 9.95. The summed E-state index contributed by atoms with van der Waals surface area (Å²) in [5, 5.41) is 10.8. The summed E-state index contributed by atoms with van der Waals surface area (Å²) in [5.74, 6) is 0.0128. The molecule has 1 N–H and O–H groups in total. The van der Waals surface area contributed by atoms with Crippen LogP contribution in [0.25, 0.3) is 0 Å². The van der Waals surface area contributed by atoms with Gasteiger partial charge in [-0.05, 0) is 43.7 Å². The molecule has 0 fully saturated rings. The number of aliphatic imine (C=N–C) groups is 1. The van der Waals surface area contributed by atoms with Crippen molar-refractivity contribution in [2.24, 2.45) is 4.99 Å². The molecule has 0 unspecified atom stereocenters. The van der Waals surface area contributed by atoms with Gasteiger partial charge in [0.25, 0.3) is 15.7 Å². The zero-order chi connectivity index (χ0) is 21.0. The number of sulfonamides is 1. The van der Waals surface area contributed by atoms with Crippen LogP contribution in [0.4, 0.5) is 17.3 Å². The van der Waals surface area contributed by atoms with Crippen LogP contribution in [0.3, 0.4) is 0 Å². The molecule has 0 atom stereocenters. The molecule has 0 saturated carbocycles. The molecule has 1 heterocycles. The average Bonchev–Trinajstić information content (AvgIpc) is 2.65. The van der Waals surface area contributed by atoms with Crippen molar-refractivity contribution in [3.8, 4) is 0 Å². The SMILES string of the molecule is Cc1cc(C)nc(NS(=O)(=O)c2ccc(C=Nc3cccc([N+](=O)[O-])c3)cc2)n1. The van der Waals surface area contributed by atoms with Gasteiger partial charge in [-0.2, -0.15) is 0 Å². The van der Waals surface area contributed by atoms with Gasteiger partial charge in [0.05, 0.1) is 15.5 Å². The second kappa shape index (κ2) is 8.15. The Kier molecular flexibility index (Phi) is 5.64. The van der Waals surface area contributed by atoms with E-state index in [-0.39, 0.29) is 16.5 Å². The number of hydrogen-bond acceptors (Lipinski definition) is 7. The molecule has 1 aromatic heterocycles. The van der Waals surface area contributed by atoms with Crippen LogP contribution in [0.2, 0.25) is 0 Å². The maximum atomic E-state index is 12.5. The number of rotatable bonds is 6. The number of non-ortho nitro benzene ring substituents is 1. The van der Waals surface area contributed by atoms with E-state index < -0.39 is 14.9 Å². The largest absolute Gasteiger partial charge is 0.271 e. The van der Waals surface area contributed by atoms with Gasteiger partial charge in [0, 0.05) is 29.7 Å². The van der Waals surface area contributed by atoms with Gasteiger partial charge in [-0.3, -0.25) is 15.1 Å². The van der Waals surface area contributed by atoms with Gasteiger partial charge < -0.3 is 0 Å². The maximum Gasteiger partial charge on any atom is 0.271 e. The molecule has 29 heavy (non-hydrogen) atoms. The van der Waals surface area contributed by atoms with Crippen molar-refractivity contribution >= 4 is 33.6 Å². The fourth-order valence-corrected chi connectivity index (χ4v) is 3.46. The van der Waals surface area contributed by atoms with Crippen molar-refractivity contribution in [3.05, 3.63) is 81.7 Å². The highest BCUT2D eigenvalue weighted by Crippen LogP contribution is 2.20. The predicted molar refractivity (Wildman–Crippen MR) is 109 cm³/mol. The van der Waals surface area contributed by atoms with Crippen molar-refractivity contribution in [3.63, 3.8) is 0 Å². The van der Waals surface area contributed by atoms with Crippen LogP contribution in [0.15, 0.2) is 64.5 Å².